The molecule has 1 heterocycles. The van der Waals surface area contributed by atoms with Gasteiger partial charge in [0.2, 0.25) is 0 Å². The molecule has 148 valence electrons. The molecule has 0 aliphatic heterocycles. The Morgan fingerprint density at radius 3 is 2.52 bits per heavy atom. The third-order valence-corrected chi connectivity index (χ3v) is 7.05. The van der Waals surface area contributed by atoms with Crippen LogP contribution in [0.1, 0.15) is 24.7 Å². The highest BCUT2D eigenvalue weighted by molar-refractivity contribution is 7.92. The third-order valence-electron chi connectivity index (χ3n) is 5.67. The van der Waals surface area contributed by atoms with E-state index in [4.69, 9.17) is 4.42 Å². The van der Waals surface area contributed by atoms with Crippen molar-refractivity contribution in [3.63, 3.8) is 0 Å². The molecule has 0 bridgehead atoms. The molecule has 1 atom stereocenters. The van der Waals surface area contributed by atoms with Crippen LogP contribution in [-0.4, -0.2) is 8.42 Å². The SMILES string of the molecule is C[C@@H]1CCc2oc3c(cc(NS(=O)(=O)c4ccc(F)cc4)c4ccccc43)c2C1. The lowest BCUT2D eigenvalue weighted by molar-refractivity contribution is 0.439. The zero-order valence-electron chi connectivity index (χ0n) is 15.9. The summed E-state index contributed by atoms with van der Waals surface area (Å²) >= 11 is 0. The molecular formula is C23H20FNO3S. The Labute approximate surface area is 168 Å². The molecular weight excluding hydrogens is 389 g/mol. The van der Waals surface area contributed by atoms with E-state index in [2.05, 4.69) is 11.6 Å². The minimum absolute atomic E-state index is 0.0194. The highest BCUT2D eigenvalue weighted by Gasteiger charge is 2.25. The van der Waals surface area contributed by atoms with Crippen molar-refractivity contribution >= 4 is 37.5 Å². The van der Waals surface area contributed by atoms with Gasteiger partial charge < -0.3 is 4.42 Å². The van der Waals surface area contributed by atoms with Gasteiger partial charge in [0.25, 0.3) is 10.0 Å². The number of sulfonamides is 1. The van der Waals surface area contributed by atoms with Gasteiger partial charge in [-0.15, -0.1) is 0 Å². The minimum Gasteiger partial charge on any atom is -0.460 e. The van der Waals surface area contributed by atoms with Gasteiger partial charge >= 0.3 is 0 Å². The number of anilines is 1. The van der Waals surface area contributed by atoms with Crippen LogP contribution in [0.3, 0.4) is 0 Å². The molecule has 4 aromatic rings. The molecule has 1 N–H and O–H groups in total. The molecule has 29 heavy (non-hydrogen) atoms. The number of hydrogen-bond donors (Lipinski definition) is 1. The van der Waals surface area contributed by atoms with Gasteiger partial charge in [0, 0.05) is 28.1 Å². The Kier molecular flexibility index (Phi) is 4.13. The minimum atomic E-state index is -3.85. The molecule has 1 aliphatic rings. The second kappa shape index (κ2) is 6.59. The number of benzene rings is 3. The van der Waals surface area contributed by atoms with Crippen molar-refractivity contribution in [1.29, 1.82) is 0 Å². The first-order valence-corrected chi connectivity index (χ1v) is 11.1. The lowest BCUT2D eigenvalue weighted by Gasteiger charge is -2.17. The van der Waals surface area contributed by atoms with Crippen molar-refractivity contribution in [3.8, 4) is 0 Å². The summed E-state index contributed by atoms with van der Waals surface area (Å²) < 4.78 is 48.0. The van der Waals surface area contributed by atoms with Crippen LogP contribution in [0.25, 0.3) is 21.7 Å². The van der Waals surface area contributed by atoms with Crippen LogP contribution in [0, 0.1) is 11.7 Å². The molecule has 0 unspecified atom stereocenters. The number of hydrogen-bond acceptors (Lipinski definition) is 3. The van der Waals surface area contributed by atoms with Crippen LogP contribution in [0.15, 0.2) is 63.9 Å². The largest absolute Gasteiger partial charge is 0.460 e. The molecule has 0 fully saturated rings. The van der Waals surface area contributed by atoms with Gasteiger partial charge in [-0.3, -0.25) is 4.72 Å². The smallest absolute Gasteiger partial charge is 0.261 e. The maximum absolute atomic E-state index is 13.2. The van der Waals surface area contributed by atoms with E-state index in [9.17, 15) is 12.8 Å². The summed E-state index contributed by atoms with van der Waals surface area (Å²) in [6.45, 7) is 2.22. The van der Waals surface area contributed by atoms with Gasteiger partial charge in [-0.05, 0) is 49.1 Å². The van der Waals surface area contributed by atoms with Gasteiger partial charge in [0.1, 0.15) is 17.2 Å². The standard InChI is InChI=1S/C23H20FNO3S/c1-14-6-11-22-19(12-14)20-13-21(17-4-2-3-5-18(17)23(20)28-22)25-29(26,27)16-9-7-15(24)8-10-16/h2-5,7-10,13-14,25H,6,11-12H2,1H3/t14-/m1/s1. The third kappa shape index (κ3) is 3.08. The van der Waals surface area contributed by atoms with Gasteiger partial charge in [-0.25, -0.2) is 12.8 Å². The molecule has 0 radical (unpaired) electrons. The fourth-order valence-electron chi connectivity index (χ4n) is 4.17. The summed E-state index contributed by atoms with van der Waals surface area (Å²) in [6.07, 6.45) is 2.91. The second-order valence-corrected chi connectivity index (χ2v) is 9.44. The molecule has 0 saturated heterocycles. The van der Waals surface area contributed by atoms with E-state index in [0.717, 1.165) is 58.9 Å². The van der Waals surface area contributed by atoms with E-state index >= 15 is 0 Å². The van der Waals surface area contributed by atoms with Gasteiger partial charge in [-0.2, -0.15) is 0 Å². The van der Waals surface area contributed by atoms with Crippen LogP contribution in [-0.2, 0) is 22.9 Å². The maximum Gasteiger partial charge on any atom is 0.261 e. The highest BCUT2D eigenvalue weighted by atomic mass is 32.2. The van der Waals surface area contributed by atoms with Crippen molar-refractivity contribution in [3.05, 3.63) is 71.7 Å². The van der Waals surface area contributed by atoms with E-state index in [1.54, 1.807) is 0 Å². The van der Waals surface area contributed by atoms with Gasteiger partial charge in [0.15, 0.2) is 0 Å². The summed E-state index contributed by atoms with van der Waals surface area (Å²) in [5, 5.41) is 2.61. The fourth-order valence-corrected chi connectivity index (χ4v) is 5.24. The number of nitrogens with one attached hydrogen (secondary N) is 1. The summed E-state index contributed by atoms with van der Waals surface area (Å²) in [5.74, 6) is 1.09. The molecule has 0 spiro atoms. The second-order valence-electron chi connectivity index (χ2n) is 7.76. The monoisotopic (exact) mass is 409 g/mol. The predicted octanol–water partition coefficient (Wildman–Crippen LogP) is 5.65. The Morgan fingerprint density at radius 2 is 1.76 bits per heavy atom. The van der Waals surface area contributed by atoms with E-state index in [-0.39, 0.29) is 4.90 Å². The van der Waals surface area contributed by atoms with Crippen molar-refractivity contribution in [2.75, 3.05) is 4.72 Å². The molecule has 3 aromatic carbocycles. The fraction of sp³-hybridized carbons (Fsp3) is 0.217. The molecule has 5 rings (SSSR count). The molecule has 0 saturated carbocycles. The summed E-state index contributed by atoms with van der Waals surface area (Å²) in [5.41, 5.74) is 2.48. The Morgan fingerprint density at radius 1 is 1.03 bits per heavy atom. The van der Waals surface area contributed by atoms with E-state index in [1.807, 2.05) is 30.3 Å². The summed E-state index contributed by atoms with van der Waals surface area (Å²) in [4.78, 5) is 0.0194. The van der Waals surface area contributed by atoms with Crippen molar-refractivity contribution in [2.24, 2.45) is 5.92 Å². The molecule has 6 heteroatoms. The number of furan rings is 1. The Balaban J connectivity index is 1.70. The summed E-state index contributed by atoms with van der Waals surface area (Å²) in [7, 11) is -3.85. The zero-order chi connectivity index (χ0) is 20.2. The average molecular weight is 409 g/mol. The topological polar surface area (TPSA) is 59.3 Å². The number of rotatable bonds is 3. The zero-order valence-corrected chi connectivity index (χ0v) is 16.7. The van der Waals surface area contributed by atoms with Crippen molar-refractivity contribution < 1.29 is 17.2 Å². The van der Waals surface area contributed by atoms with Crippen molar-refractivity contribution in [1.82, 2.24) is 0 Å². The number of halogens is 1. The van der Waals surface area contributed by atoms with Crippen LogP contribution >= 0.6 is 0 Å². The van der Waals surface area contributed by atoms with Crippen LogP contribution in [0.2, 0.25) is 0 Å². The number of fused-ring (bicyclic) bond motifs is 5. The average Bonchev–Trinajstić information content (AvgIpc) is 3.06. The van der Waals surface area contributed by atoms with Crippen LogP contribution in [0.5, 0.6) is 0 Å². The van der Waals surface area contributed by atoms with E-state index in [1.165, 1.54) is 17.7 Å². The lowest BCUT2D eigenvalue weighted by Crippen LogP contribution is -2.13. The first kappa shape index (κ1) is 18.2. The van der Waals surface area contributed by atoms with Gasteiger partial charge in [-0.1, -0.05) is 31.2 Å². The van der Waals surface area contributed by atoms with Gasteiger partial charge in [0.05, 0.1) is 10.6 Å². The van der Waals surface area contributed by atoms with E-state index < -0.39 is 15.8 Å². The predicted molar refractivity (Wildman–Crippen MR) is 112 cm³/mol. The Bertz CT molecular complexity index is 1340. The van der Waals surface area contributed by atoms with Crippen LogP contribution in [0.4, 0.5) is 10.1 Å². The summed E-state index contributed by atoms with van der Waals surface area (Å²) in [6, 6.07) is 14.3. The maximum atomic E-state index is 13.2. The van der Waals surface area contributed by atoms with Crippen LogP contribution < -0.4 is 4.72 Å². The number of aryl methyl sites for hydroxylation is 1. The normalized spacial score (nSPS) is 16.8. The first-order valence-electron chi connectivity index (χ1n) is 9.67. The quantitative estimate of drug-likeness (QED) is 0.476. The lowest BCUT2D eigenvalue weighted by atomic mass is 9.87. The molecule has 1 aromatic heterocycles. The molecule has 0 amide bonds. The Hall–Kier alpha value is -2.86. The van der Waals surface area contributed by atoms with Crippen molar-refractivity contribution in [2.45, 2.75) is 31.1 Å². The highest BCUT2D eigenvalue weighted by Crippen LogP contribution is 2.40. The van der Waals surface area contributed by atoms with E-state index in [0.29, 0.717) is 11.6 Å². The first-order chi connectivity index (χ1) is 13.9. The molecule has 4 nitrogen and oxygen atoms in total. The molecule has 1 aliphatic carbocycles.